The minimum absolute atomic E-state index is 0. The molecule has 0 aliphatic carbocycles. The topological polar surface area (TPSA) is 21.3 Å². The number of nitrogens with one attached hydrogen (secondary N) is 1. The van der Waals surface area contributed by atoms with E-state index in [0.717, 1.165) is 12.1 Å². The zero-order valence-electron chi connectivity index (χ0n) is 8.00. The second kappa shape index (κ2) is 5.66. The number of hydrogen-bond acceptors (Lipinski definition) is 2. The monoisotopic (exact) mass is 251 g/mol. The predicted octanol–water partition coefficient (Wildman–Crippen LogP) is 2.56. The molecule has 15 heavy (non-hydrogen) atoms. The Morgan fingerprint density at radius 1 is 1.47 bits per heavy atom. The first-order valence-corrected chi connectivity index (χ1v) is 4.91. The number of hydrogen-bond donors (Lipinski definition) is 1. The lowest BCUT2D eigenvalue weighted by Crippen LogP contribution is -2.34. The molecule has 1 atom stereocenters. The Kier molecular flexibility index (Phi) is 4.80. The van der Waals surface area contributed by atoms with E-state index >= 15 is 0 Å². The van der Waals surface area contributed by atoms with E-state index in [0.29, 0.717) is 18.2 Å². The van der Waals surface area contributed by atoms with Gasteiger partial charge in [0.05, 0.1) is 19.3 Å². The second-order valence-electron chi connectivity index (χ2n) is 3.25. The van der Waals surface area contributed by atoms with Gasteiger partial charge in [-0.15, -0.1) is 12.4 Å². The molecule has 0 spiro atoms. The molecule has 2 rings (SSSR count). The first-order valence-electron chi connectivity index (χ1n) is 4.53. The average Bonchev–Trinajstić information content (AvgIpc) is 2.23. The molecule has 0 saturated carbocycles. The van der Waals surface area contributed by atoms with Crippen molar-refractivity contribution in [1.29, 1.82) is 0 Å². The van der Waals surface area contributed by atoms with Gasteiger partial charge in [0.1, 0.15) is 5.82 Å². The van der Waals surface area contributed by atoms with Gasteiger partial charge in [0.25, 0.3) is 0 Å². The third-order valence-corrected chi connectivity index (χ3v) is 2.60. The second-order valence-corrected chi connectivity index (χ2v) is 3.65. The maximum Gasteiger partial charge on any atom is 0.123 e. The largest absolute Gasteiger partial charge is 0.378 e. The van der Waals surface area contributed by atoms with Crippen LogP contribution in [0, 0.1) is 5.82 Å². The molecule has 0 unspecified atom stereocenters. The van der Waals surface area contributed by atoms with E-state index < -0.39 is 0 Å². The molecule has 0 bridgehead atoms. The highest BCUT2D eigenvalue weighted by Crippen LogP contribution is 2.25. The van der Waals surface area contributed by atoms with Gasteiger partial charge in [-0.1, -0.05) is 11.6 Å². The molecule has 1 aromatic carbocycles. The summed E-state index contributed by atoms with van der Waals surface area (Å²) in [5, 5.41) is 3.81. The molecular weight excluding hydrogens is 240 g/mol. The molecule has 1 aliphatic rings. The molecule has 0 amide bonds. The highest BCUT2D eigenvalue weighted by atomic mass is 35.5. The van der Waals surface area contributed by atoms with Crippen LogP contribution in [0.25, 0.3) is 0 Å². The molecule has 2 nitrogen and oxygen atoms in total. The lowest BCUT2D eigenvalue weighted by Gasteiger charge is -2.24. The Balaban J connectivity index is 0.00000112. The minimum Gasteiger partial charge on any atom is -0.378 e. The zero-order chi connectivity index (χ0) is 9.97. The highest BCUT2D eigenvalue weighted by molar-refractivity contribution is 6.31. The summed E-state index contributed by atoms with van der Waals surface area (Å²) in [6, 6.07) is 4.39. The predicted molar refractivity (Wildman–Crippen MR) is 60.2 cm³/mol. The highest BCUT2D eigenvalue weighted by Gasteiger charge is 2.18. The van der Waals surface area contributed by atoms with E-state index in [-0.39, 0.29) is 24.3 Å². The van der Waals surface area contributed by atoms with E-state index in [1.165, 1.54) is 12.1 Å². The van der Waals surface area contributed by atoms with Crippen LogP contribution in [0.4, 0.5) is 4.39 Å². The van der Waals surface area contributed by atoms with Crippen molar-refractivity contribution in [2.45, 2.75) is 6.04 Å². The molecule has 1 heterocycles. The van der Waals surface area contributed by atoms with Crippen LogP contribution in [0.3, 0.4) is 0 Å². The molecule has 0 radical (unpaired) electrons. The van der Waals surface area contributed by atoms with Gasteiger partial charge in [-0.3, -0.25) is 0 Å². The fourth-order valence-electron chi connectivity index (χ4n) is 1.55. The van der Waals surface area contributed by atoms with Crippen LogP contribution in [0.5, 0.6) is 0 Å². The van der Waals surface area contributed by atoms with Crippen molar-refractivity contribution in [2.24, 2.45) is 0 Å². The molecular formula is C10H12Cl2FNO. The fourth-order valence-corrected chi connectivity index (χ4v) is 1.80. The lowest BCUT2D eigenvalue weighted by molar-refractivity contribution is 0.0768. The average molecular weight is 252 g/mol. The molecule has 1 N–H and O–H groups in total. The first kappa shape index (κ1) is 12.7. The van der Waals surface area contributed by atoms with Crippen molar-refractivity contribution in [3.8, 4) is 0 Å². The van der Waals surface area contributed by atoms with Gasteiger partial charge in [-0.2, -0.15) is 0 Å². The summed E-state index contributed by atoms with van der Waals surface area (Å²) in [7, 11) is 0. The van der Waals surface area contributed by atoms with E-state index in [2.05, 4.69) is 5.32 Å². The normalized spacial score (nSPS) is 20.8. The quantitative estimate of drug-likeness (QED) is 0.829. The van der Waals surface area contributed by atoms with Crippen molar-refractivity contribution in [3.63, 3.8) is 0 Å². The number of rotatable bonds is 1. The summed E-state index contributed by atoms with van der Waals surface area (Å²) in [5.74, 6) is -0.267. The van der Waals surface area contributed by atoms with Crippen molar-refractivity contribution >= 4 is 24.0 Å². The maximum absolute atomic E-state index is 13.0. The molecule has 1 fully saturated rings. The van der Waals surface area contributed by atoms with Gasteiger partial charge in [0.15, 0.2) is 0 Å². The first-order chi connectivity index (χ1) is 6.77. The summed E-state index contributed by atoms with van der Waals surface area (Å²) in [5.41, 5.74) is 0.770. The van der Waals surface area contributed by atoms with Crippen molar-refractivity contribution in [1.82, 2.24) is 5.32 Å². The molecule has 0 aromatic heterocycles. The van der Waals surface area contributed by atoms with Crippen LogP contribution >= 0.6 is 24.0 Å². The molecule has 1 saturated heterocycles. The van der Waals surface area contributed by atoms with Crippen LogP contribution in [-0.4, -0.2) is 19.8 Å². The van der Waals surface area contributed by atoms with E-state index in [4.69, 9.17) is 16.3 Å². The zero-order valence-corrected chi connectivity index (χ0v) is 9.58. The van der Waals surface area contributed by atoms with Crippen LogP contribution in [0.15, 0.2) is 18.2 Å². The lowest BCUT2D eigenvalue weighted by atomic mass is 10.1. The molecule has 1 aliphatic heterocycles. The summed E-state index contributed by atoms with van der Waals surface area (Å²) >= 11 is 5.97. The van der Waals surface area contributed by atoms with Gasteiger partial charge in [-0.25, -0.2) is 4.39 Å². The summed E-state index contributed by atoms with van der Waals surface area (Å²) in [4.78, 5) is 0. The van der Waals surface area contributed by atoms with Gasteiger partial charge in [0.2, 0.25) is 0 Å². The third kappa shape index (κ3) is 3.05. The summed E-state index contributed by atoms with van der Waals surface area (Å²) in [6.07, 6.45) is 0. The van der Waals surface area contributed by atoms with Crippen LogP contribution in [0.1, 0.15) is 11.6 Å². The van der Waals surface area contributed by atoms with Gasteiger partial charge < -0.3 is 10.1 Å². The van der Waals surface area contributed by atoms with Crippen LogP contribution in [0.2, 0.25) is 5.02 Å². The van der Waals surface area contributed by atoms with Crippen molar-refractivity contribution in [2.75, 3.05) is 19.8 Å². The van der Waals surface area contributed by atoms with Crippen molar-refractivity contribution < 1.29 is 9.13 Å². The van der Waals surface area contributed by atoms with Crippen LogP contribution in [-0.2, 0) is 4.74 Å². The Labute approximate surface area is 99.2 Å². The Hall–Kier alpha value is -0.350. The molecule has 5 heteroatoms. The standard InChI is InChI=1S/C10H11ClFNO.ClH/c11-9-2-1-7(12)5-8(9)10-6-14-4-3-13-10;/h1-2,5,10,13H,3-4,6H2;1H/t10-;/m1./s1. The summed E-state index contributed by atoms with van der Waals surface area (Å²) < 4.78 is 18.3. The number of ether oxygens (including phenoxy) is 1. The number of benzene rings is 1. The van der Waals surface area contributed by atoms with Gasteiger partial charge >= 0.3 is 0 Å². The van der Waals surface area contributed by atoms with E-state index in [1.54, 1.807) is 6.07 Å². The third-order valence-electron chi connectivity index (χ3n) is 2.26. The summed E-state index contributed by atoms with van der Waals surface area (Å²) in [6.45, 7) is 2.02. The fraction of sp³-hybridized carbons (Fsp3) is 0.400. The van der Waals surface area contributed by atoms with Crippen LogP contribution < -0.4 is 5.32 Å². The number of halogens is 3. The SMILES string of the molecule is Cl.Fc1ccc(Cl)c([C@H]2COCCN2)c1. The smallest absolute Gasteiger partial charge is 0.123 e. The Bertz CT molecular complexity index is 329. The molecule has 1 aromatic rings. The van der Waals surface area contributed by atoms with E-state index in [1.807, 2.05) is 0 Å². The van der Waals surface area contributed by atoms with Gasteiger partial charge in [-0.05, 0) is 23.8 Å². The Morgan fingerprint density at radius 2 is 2.27 bits per heavy atom. The molecule has 84 valence electrons. The van der Waals surface area contributed by atoms with E-state index in [9.17, 15) is 4.39 Å². The minimum atomic E-state index is -0.267. The van der Waals surface area contributed by atoms with Crippen molar-refractivity contribution in [3.05, 3.63) is 34.6 Å². The maximum atomic E-state index is 13.0. The number of morpholine rings is 1. The van der Waals surface area contributed by atoms with Gasteiger partial charge in [0, 0.05) is 11.6 Å². The Morgan fingerprint density at radius 3 is 2.93 bits per heavy atom.